The smallest absolute Gasteiger partial charge is 0.126 e. The Bertz CT molecular complexity index is 451. The molecule has 2 rings (SSSR count). The fourth-order valence-electron chi connectivity index (χ4n) is 1.54. The Balaban J connectivity index is 1.87. The van der Waals surface area contributed by atoms with Gasteiger partial charge in [0, 0.05) is 12.2 Å². The molecule has 0 amide bonds. The van der Waals surface area contributed by atoms with Crippen LogP contribution in [0.2, 0.25) is 0 Å². The van der Waals surface area contributed by atoms with Crippen molar-refractivity contribution in [2.45, 2.75) is 13.3 Å². The van der Waals surface area contributed by atoms with Gasteiger partial charge in [0.15, 0.2) is 0 Å². The minimum atomic E-state index is -0.150. The Hall–Kier alpha value is -1.35. The number of aryl methyl sites for hydroxylation is 1. The molecule has 0 radical (unpaired) electrons. The van der Waals surface area contributed by atoms with E-state index in [1.807, 2.05) is 6.07 Å². The first-order valence-corrected chi connectivity index (χ1v) is 6.21. The minimum Gasteiger partial charge on any atom is -0.385 e. The van der Waals surface area contributed by atoms with E-state index in [0.29, 0.717) is 5.56 Å². The number of benzene rings is 1. The lowest BCUT2D eigenvalue weighted by atomic mass is 10.2. The van der Waals surface area contributed by atoms with Crippen LogP contribution in [0.1, 0.15) is 11.1 Å². The predicted octanol–water partition coefficient (Wildman–Crippen LogP) is 3.85. The van der Waals surface area contributed by atoms with Crippen molar-refractivity contribution >= 4 is 17.0 Å². The lowest BCUT2D eigenvalue weighted by molar-refractivity contribution is 0.618. The van der Waals surface area contributed by atoms with Crippen molar-refractivity contribution in [3.05, 3.63) is 52.0 Å². The van der Waals surface area contributed by atoms with E-state index in [-0.39, 0.29) is 5.82 Å². The number of nitrogens with one attached hydrogen (secondary N) is 1. The molecular formula is C13H14FNS. The quantitative estimate of drug-likeness (QED) is 0.848. The van der Waals surface area contributed by atoms with E-state index < -0.39 is 0 Å². The van der Waals surface area contributed by atoms with Crippen LogP contribution < -0.4 is 5.32 Å². The van der Waals surface area contributed by atoms with Gasteiger partial charge < -0.3 is 5.32 Å². The Labute approximate surface area is 98.9 Å². The summed E-state index contributed by atoms with van der Waals surface area (Å²) in [5.74, 6) is -0.150. The summed E-state index contributed by atoms with van der Waals surface area (Å²) in [6.45, 7) is 2.65. The van der Waals surface area contributed by atoms with Gasteiger partial charge in [0.05, 0.1) is 0 Å². The van der Waals surface area contributed by atoms with E-state index >= 15 is 0 Å². The molecule has 0 saturated carbocycles. The van der Waals surface area contributed by atoms with Gasteiger partial charge in [0.2, 0.25) is 0 Å². The maximum absolute atomic E-state index is 13.0. The molecule has 2 aromatic rings. The van der Waals surface area contributed by atoms with Gasteiger partial charge in [-0.1, -0.05) is 0 Å². The van der Waals surface area contributed by atoms with E-state index in [0.717, 1.165) is 18.7 Å². The van der Waals surface area contributed by atoms with Crippen LogP contribution in [0, 0.1) is 12.7 Å². The number of halogens is 1. The van der Waals surface area contributed by atoms with Crippen molar-refractivity contribution < 1.29 is 4.39 Å². The van der Waals surface area contributed by atoms with Crippen molar-refractivity contribution in [1.82, 2.24) is 0 Å². The number of hydrogen-bond donors (Lipinski definition) is 1. The maximum Gasteiger partial charge on any atom is 0.126 e. The zero-order chi connectivity index (χ0) is 11.4. The molecule has 1 aromatic carbocycles. The Morgan fingerprint density at radius 3 is 2.88 bits per heavy atom. The van der Waals surface area contributed by atoms with Gasteiger partial charge >= 0.3 is 0 Å². The van der Waals surface area contributed by atoms with E-state index in [1.165, 1.54) is 11.6 Å². The Morgan fingerprint density at radius 2 is 2.19 bits per heavy atom. The van der Waals surface area contributed by atoms with E-state index in [9.17, 15) is 4.39 Å². The maximum atomic E-state index is 13.0. The molecular weight excluding hydrogens is 221 g/mol. The zero-order valence-electron chi connectivity index (χ0n) is 9.16. The summed E-state index contributed by atoms with van der Waals surface area (Å²) in [6, 6.07) is 7.24. The van der Waals surface area contributed by atoms with Crippen LogP contribution in [-0.2, 0) is 6.42 Å². The summed E-state index contributed by atoms with van der Waals surface area (Å²) in [4.78, 5) is 0. The van der Waals surface area contributed by atoms with Gasteiger partial charge in [-0.05, 0) is 59.5 Å². The zero-order valence-corrected chi connectivity index (χ0v) is 9.98. The molecule has 0 atom stereocenters. The molecule has 1 nitrogen and oxygen atoms in total. The molecule has 0 bridgehead atoms. The second-order valence-electron chi connectivity index (χ2n) is 3.77. The molecule has 0 spiro atoms. The minimum absolute atomic E-state index is 0.150. The molecule has 0 fully saturated rings. The highest BCUT2D eigenvalue weighted by molar-refractivity contribution is 7.07. The summed E-state index contributed by atoms with van der Waals surface area (Å²) in [5, 5.41) is 7.52. The average molecular weight is 235 g/mol. The van der Waals surface area contributed by atoms with Crippen LogP contribution in [0.25, 0.3) is 0 Å². The van der Waals surface area contributed by atoms with Crippen LogP contribution in [0.5, 0.6) is 0 Å². The SMILES string of the molecule is Cc1cc(NCCc2ccsc2)ccc1F. The number of rotatable bonds is 4. The second-order valence-corrected chi connectivity index (χ2v) is 4.55. The molecule has 0 unspecified atom stereocenters. The highest BCUT2D eigenvalue weighted by Crippen LogP contribution is 2.14. The Kier molecular flexibility index (Phi) is 3.57. The van der Waals surface area contributed by atoms with Crippen molar-refractivity contribution in [2.24, 2.45) is 0 Å². The summed E-state index contributed by atoms with van der Waals surface area (Å²) in [6.07, 6.45) is 1.000. The van der Waals surface area contributed by atoms with Gasteiger partial charge in [-0.15, -0.1) is 0 Å². The largest absolute Gasteiger partial charge is 0.385 e. The molecule has 0 aliphatic rings. The molecule has 1 N–H and O–H groups in total. The summed E-state index contributed by atoms with van der Waals surface area (Å²) >= 11 is 1.71. The van der Waals surface area contributed by atoms with Crippen LogP contribution in [0.3, 0.4) is 0 Å². The van der Waals surface area contributed by atoms with Crippen molar-refractivity contribution in [2.75, 3.05) is 11.9 Å². The molecule has 0 saturated heterocycles. The van der Waals surface area contributed by atoms with E-state index in [4.69, 9.17) is 0 Å². The monoisotopic (exact) mass is 235 g/mol. The van der Waals surface area contributed by atoms with Crippen LogP contribution >= 0.6 is 11.3 Å². The lowest BCUT2D eigenvalue weighted by Gasteiger charge is -2.06. The van der Waals surface area contributed by atoms with Gasteiger partial charge in [0.25, 0.3) is 0 Å². The first-order chi connectivity index (χ1) is 7.75. The van der Waals surface area contributed by atoms with Crippen LogP contribution in [0.4, 0.5) is 10.1 Å². The molecule has 1 heterocycles. The Morgan fingerprint density at radius 1 is 1.31 bits per heavy atom. The topological polar surface area (TPSA) is 12.0 Å². The summed E-state index contributed by atoms with van der Waals surface area (Å²) < 4.78 is 13.0. The number of thiophene rings is 1. The molecule has 84 valence electrons. The second kappa shape index (κ2) is 5.12. The van der Waals surface area contributed by atoms with Crippen molar-refractivity contribution in [1.29, 1.82) is 0 Å². The van der Waals surface area contributed by atoms with Gasteiger partial charge in [-0.3, -0.25) is 0 Å². The van der Waals surface area contributed by atoms with Crippen LogP contribution in [0.15, 0.2) is 35.0 Å². The average Bonchev–Trinajstić information content (AvgIpc) is 2.76. The van der Waals surface area contributed by atoms with Crippen LogP contribution in [-0.4, -0.2) is 6.54 Å². The normalized spacial score (nSPS) is 10.4. The predicted molar refractivity (Wildman–Crippen MR) is 67.6 cm³/mol. The third kappa shape index (κ3) is 2.83. The number of anilines is 1. The fourth-order valence-corrected chi connectivity index (χ4v) is 2.24. The summed E-state index contributed by atoms with van der Waals surface area (Å²) in [5.41, 5.74) is 3.01. The first-order valence-electron chi connectivity index (χ1n) is 5.27. The van der Waals surface area contributed by atoms with Gasteiger partial charge in [0.1, 0.15) is 5.82 Å². The molecule has 0 aliphatic heterocycles. The van der Waals surface area contributed by atoms with E-state index in [1.54, 1.807) is 24.3 Å². The van der Waals surface area contributed by atoms with Gasteiger partial charge in [-0.25, -0.2) is 4.39 Å². The van der Waals surface area contributed by atoms with E-state index in [2.05, 4.69) is 22.1 Å². The third-order valence-corrected chi connectivity index (χ3v) is 3.21. The molecule has 3 heteroatoms. The highest BCUT2D eigenvalue weighted by atomic mass is 32.1. The lowest BCUT2D eigenvalue weighted by Crippen LogP contribution is -2.04. The number of hydrogen-bond acceptors (Lipinski definition) is 2. The molecule has 0 aliphatic carbocycles. The summed E-state index contributed by atoms with van der Waals surface area (Å²) in [7, 11) is 0. The molecule has 1 aromatic heterocycles. The standard InChI is InChI=1S/C13H14FNS/c1-10-8-12(2-3-13(10)14)15-6-4-11-5-7-16-9-11/h2-3,5,7-9,15H,4,6H2,1H3. The fraction of sp³-hybridized carbons (Fsp3) is 0.231. The van der Waals surface area contributed by atoms with Crippen molar-refractivity contribution in [3.8, 4) is 0 Å². The first kappa shape index (κ1) is 11.1. The van der Waals surface area contributed by atoms with Gasteiger partial charge in [-0.2, -0.15) is 11.3 Å². The molecule has 16 heavy (non-hydrogen) atoms. The van der Waals surface area contributed by atoms with Crippen molar-refractivity contribution in [3.63, 3.8) is 0 Å². The highest BCUT2D eigenvalue weighted by Gasteiger charge is 1.98. The third-order valence-electron chi connectivity index (χ3n) is 2.48.